The first-order valence-electron chi connectivity index (χ1n) is 9.86. The summed E-state index contributed by atoms with van der Waals surface area (Å²) in [5.41, 5.74) is 3.45. The maximum absolute atomic E-state index is 12.2. The number of carbonyl (C=O) groups excluding carboxylic acids is 1. The fraction of sp³-hybridized carbons (Fsp3) is 0.174. The fourth-order valence-corrected chi connectivity index (χ4v) is 3.51. The van der Waals surface area contributed by atoms with Crippen LogP contribution in [0.2, 0.25) is 5.02 Å². The molecule has 0 radical (unpaired) electrons. The Morgan fingerprint density at radius 1 is 1.03 bits per heavy atom. The van der Waals surface area contributed by atoms with Crippen LogP contribution in [0.3, 0.4) is 0 Å². The standard InChI is InChI=1S/C23H22ClN5O/c24-21-6-2-1-5-17(21)7-12-23(30)27-19-10-8-18(9-11-19)26-22-15-20(16-25-28-22)29-13-3-4-14-29/h1-2,5-12,15-16H,3-4,13-14H2,(H,26,28)(H,27,30)/b12-7+. The van der Waals surface area contributed by atoms with Crippen molar-refractivity contribution in [2.75, 3.05) is 28.6 Å². The number of amides is 1. The van der Waals surface area contributed by atoms with Gasteiger partial charge in [0.05, 0.1) is 11.9 Å². The topological polar surface area (TPSA) is 70.2 Å². The molecule has 3 aromatic rings. The number of nitrogens with zero attached hydrogens (tertiary/aromatic N) is 3. The van der Waals surface area contributed by atoms with Gasteiger partial charge >= 0.3 is 0 Å². The molecule has 152 valence electrons. The zero-order chi connectivity index (χ0) is 20.8. The minimum Gasteiger partial charge on any atom is -0.370 e. The molecule has 1 amide bonds. The minimum atomic E-state index is -0.222. The van der Waals surface area contributed by atoms with E-state index in [0.717, 1.165) is 30.0 Å². The first kappa shape index (κ1) is 19.9. The van der Waals surface area contributed by atoms with Crippen LogP contribution in [-0.4, -0.2) is 29.2 Å². The molecule has 0 atom stereocenters. The second kappa shape index (κ2) is 9.41. The SMILES string of the molecule is O=C(/C=C/c1ccccc1Cl)Nc1ccc(Nc2cc(N3CCCC3)cnn2)cc1. The lowest BCUT2D eigenvalue weighted by Gasteiger charge is -2.17. The average molecular weight is 420 g/mol. The quantitative estimate of drug-likeness (QED) is 0.542. The molecular weight excluding hydrogens is 398 g/mol. The highest BCUT2D eigenvalue weighted by Gasteiger charge is 2.13. The fourth-order valence-electron chi connectivity index (χ4n) is 3.31. The van der Waals surface area contributed by atoms with Gasteiger partial charge < -0.3 is 15.5 Å². The predicted octanol–water partition coefficient (Wildman–Crippen LogP) is 5.13. The Kier molecular flexibility index (Phi) is 6.25. The van der Waals surface area contributed by atoms with Crippen molar-refractivity contribution in [3.8, 4) is 0 Å². The van der Waals surface area contributed by atoms with Crippen LogP contribution in [0.1, 0.15) is 18.4 Å². The van der Waals surface area contributed by atoms with Gasteiger partial charge in [-0.3, -0.25) is 4.79 Å². The summed E-state index contributed by atoms with van der Waals surface area (Å²) < 4.78 is 0. The van der Waals surface area contributed by atoms with E-state index in [2.05, 4.69) is 25.7 Å². The summed E-state index contributed by atoms with van der Waals surface area (Å²) in [7, 11) is 0. The van der Waals surface area contributed by atoms with E-state index in [-0.39, 0.29) is 5.91 Å². The number of nitrogens with one attached hydrogen (secondary N) is 2. The molecule has 2 N–H and O–H groups in total. The smallest absolute Gasteiger partial charge is 0.248 e. The Labute approximate surface area is 180 Å². The molecule has 0 spiro atoms. The number of carbonyl (C=O) groups is 1. The van der Waals surface area contributed by atoms with E-state index in [9.17, 15) is 4.79 Å². The Morgan fingerprint density at radius 3 is 2.53 bits per heavy atom. The van der Waals surface area contributed by atoms with E-state index >= 15 is 0 Å². The van der Waals surface area contributed by atoms with Crippen molar-refractivity contribution >= 4 is 46.5 Å². The van der Waals surface area contributed by atoms with Gasteiger partial charge in [-0.1, -0.05) is 29.8 Å². The number of anilines is 4. The van der Waals surface area contributed by atoms with E-state index in [4.69, 9.17) is 11.6 Å². The second-order valence-electron chi connectivity index (χ2n) is 7.04. The van der Waals surface area contributed by atoms with Crippen LogP contribution in [0, 0.1) is 0 Å². The molecule has 1 aliphatic rings. The van der Waals surface area contributed by atoms with E-state index in [1.807, 2.05) is 48.5 Å². The highest BCUT2D eigenvalue weighted by Crippen LogP contribution is 2.23. The van der Waals surface area contributed by atoms with Crippen molar-refractivity contribution in [1.82, 2.24) is 10.2 Å². The second-order valence-corrected chi connectivity index (χ2v) is 7.45. The third kappa shape index (κ3) is 5.15. The molecule has 30 heavy (non-hydrogen) atoms. The lowest BCUT2D eigenvalue weighted by Crippen LogP contribution is -2.18. The summed E-state index contributed by atoms with van der Waals surface area (Å²) in [4.78, 5) is 14.5. The van der Waals surface area contributed by atoms with Gasteiger partial charge in [-0.2, -0.15) is 5.10 Å². The Hall–Kier alpha value is -3.38. The van der Waals surface area contributed by atoms with Crippen molar-refractivity contribution in [2.45, 2.75) is 12.8 Å². The van der Waals surface area contributed by atoms with Crippen molar-refractivity contribution in [1.29, 1.82) is 0 Å². The molecule has 6 nitrogen and oxygen atoms in total. The van der Waals surface area contributed by atoms with Crippen molar-refractivity contribution in [2.24, 2.45) is 0 Å². The molecule has 0 unspecified atom stereocenters. The van der Waals surface area contributed by atoms with E-state index in [0.29, 0.717) is 16.5 Å². The van der Waals surface area contributed by atoms with Gasteiger partial charge in [0, 0.05) is 41.6 Å². The first-order chi connectivity index (χ1) is 14.7. The summed E-state index contributed by atoms with van der Waals surface area (Å²) >= 11 is 6.10. The number of aromatic nitrogens is 2. The summed E-state index contributed by atoms with van der Waals surface area (Å²) in [6.07, 6.45) is 7.38. The molecule has 2 aromatic carbocycles. The van der Waals surface area contributed by atoms with Crippen LogP contribution >= 0.6 is 11.6 Å². The first-order valence-corrected chi connectivity index (χ1v) is 10.2. The highest BCUT2D eigenvalue weighted by molar-refractivity contribution is 6.32. The monoisotopic (exact) mass is 419 g/mol. The van der Waals surface area contributed by atoms with Crippen molar-refractivity contribution < 1.29 is 4.79 Å². The molecule has 0 saturated carbocycles. The van der Waals surface area contributed by atoms with Crippen molar-refractivity contribution in [3.63, 3.8) is 0 Å². The summed E-state index contributed by atoms with van der Waals surface area (Å²) in [5, 5.41) is 15.0. The van der Waals surface area contributed by atoms with Crippen LogP contribution in [0.25, 0.3) is 6.08 Å². The predicted molar refractivity (Wildman–Crippen MR) is 122 cm³/mol. The van der Waals surface area contributed by atoms with Crippen molar-refractivity contribution in [3.05, 3.63) is 77.5 Å². The van der Waals surface area contributed by atoms with Gasteiger partial charge in [0.25, 0.3) is 0 Å². The largest absolute Gasteiger partial charge is 0.370 e. The molecule has 7 heteroatoms. The maximum Gasteiger partial charge on any atom is 0.248 e. The molecule has 4 rings (SSSR count). The number of rotatable bonds is 6. The molecular formula is C23H22ClN5O. The van der Waals surface area contributed by atoms with E-state index in [1.165, 1.54) is 18.9 Å². The van der Waals surface area contributed by atoms with E-state index in [1.54, 1.807) is 18.3 Å². The minimum absolute atomic E-state index is 0.222. The van der Waals surface area contributed by atoms with Crippen LogP contribution < -0.4 is 15.5 Å². The number of benzene rings is 2. The summed E-state index contributed by atoms with van der Waals surface area (Å²) in [6.45, 7) is 2.12. The van der Waals surface area contributed by atoms with Crippen LogP contribution in [-0.2, 0) is 4.79 Å². The lowest BCUT2D eigenvalue weighted by molar-refractivity contribution is -0.111. The van der Waals surface area contributed by atoms with E-state index < -0.39 is 0 Å². The van der Waals surface area contributed by atoms with Crippen LogP contribution in [0.15, 0.2) is 66.9 Å². The van der Waals surface area contributed by atoms with Gasteiger partial charge in [-0.15, -0.1) is 5.10 Å². The normalized spacial score (nSPS) is 13.6. The molecule has 0 bridgehead atoms. The Morgan fingerprint density at radius 2 is 1.77 bits per heavy atom. The lowest BCUT2D eigenvalue weighted by atomic mass is 10.2. The highest BCUT2D eigenvalue weighted by atomic mass is 35.5. The maximum atomic E-state index is 12.2. The molecule has 1 aliphatic heterocycles. The molecule has 1 saturated heterocycles. The molecule has 1 aromatic heterocycles. The summed E-state index contributed by atoms with van der Waals surface area (Å²) in [6, 6.07) is 16.8. The molecule has 2 heterocycles. The van der Waals surface area contributed by atoms with Gasteiger partial charge in [-0.25, -0.2) is 0 Å². The zero-order valence-electron chi connectivity index (χ0n) is 16.4. The van der Waals surface area contributed by atoms with Crippen LogP contribution in [0.4, 0.5) is 22.9 Å². The van der Waals surface area contributed by atoms with Gasteiger partial charge in [-0.05, 0) is 54.8 Å². The third-order valence-corrected chi connectivity index (χ3v) is 5.20. The van der Waals surface area contributed by atoms with Gasteiger partial charge in [0.2, 0.25) is 5.91 Å². The number of halogens is 1. The van der Waals surface area contributed by atoms with Crippen LogP contribution in [0.5, 0.6) is 0 Å². The average Bonchev–Trinajstić information content (AvgIpc) is 3.30. The third-order valence-electron chi connectivity index (χ3n) is 4.86. The van der Waals surface area contributed by atoms with Gasteiger partial charge in [0.15, 0.2) is 5.82 Å². The Bertz CT molecular complexity index is 1050. The summed E-state index contributed by atoms with van der Waals surface area (Å²) in [5.74, 6) is 0.471. The molecule has 0 aliphatic carbocycles. The molecule has 1 fully saturated rings. The Balaban J connectivity index is 1.35. The van der Waals surface area contributed by atoms with Gasteiger partial charge in [0.1, 0.15) is 0 Å². The number of hydrogen-bond acceptors (Lipinski definition) is 5. The zero-order valence-corrected chi connectivity index (χ0v) is 17.1. The number of hydrogen-bond donors (Lipinski definition) is 2.